The Balaban J connectivity index is 0.879. The minimum atomic E-state index is -0.794. The van der Waals surface area contributed by atoms with E-state index in [4.69, 9.17) is 56.8 Å². The summed E-state index contributed by atoms with van der Waals surface area (Å²) in [6.45, 7) is 17.7. The van der Waals surface area contributed by atoms with Gasteiger partial charge in [-0.2, -0.15) is 0 Å². The van der Waals surface area contributed by atoms with Crippen molar-refractivity contribution in [3.05, 3.63) is 24.3 Å². The standard InChI is InChI=1S/C44H62O13/c1-20-13-24-7-9-27-21(2)14-26(47-27)11-12-44-18-33-39(56-44)40-41(52-33)42(57-44)38-28(51-40)10-8-25(49-38)15-35(45)54-37-23(4)36-32(50-31(37)16-29(48-24)22(20)3)17-30-34(53-36)19-46-43(5,6)55-30/h20,23-34,36-42H,2-3,7-19H2,1,4-6H3/t20-,23+,24+,25-,26+,27+,28+,29?,30-,31+,32+,33?,34-,36+,37-,38+,39?,40+,41-,42?,44+/m1/s1. The van der Waals surface area contributed by atoms with Crippen molar-refractivity contribution in [1.29, 1.82) is 0 Å². The fourth-order valence-corrected chi connectivity index (χ4v) is 12.5. The number of carbonyl (C=O) groups excluding carboxylic acids is 1. The van der Waals surface area contributed by atoms with Gasteiger partial charge in [0.05, 0.1) is 80.2 Å². The Morgan fingerprint density at radius 1 is 0.579 bits per heavy atom. The Morgan fingerprint density at radius 2 is 1.32 bits per heavy atom. The summed E-state index contributed by atoms with van der Waals surface area (Å²) in [4.78, 5) is 14.1. The number of hydrogen-bond donors (Lipinski definition) is 0. The van der Waals surface area contributed by atoms with E-state index in [-0.39, 0.29) is 122 Å². The van der Waals surface area contributed by atoms with Crippen molar-refractivity contribution in [2.75, 3.05) is 6.61 Å². The SMILES string of the molecule is C=C1C2C[C@@H]3O[C@H]4C[C@H]5OC(C)(C)OC[C@H]5O[C@H]4[C@H](C)[C@H]3OC(=O)C[C@H]3CC[C@@H]4O[C@H]5C6O[C@]7(CC[C@H]8CC(=C)[C@H](CC[C@@H](C[C@H]1C)O2)O8)CC6O[C@H]5C(O7)[C@H]4O3. The van der Waals surface area contributed by atoms with E-state index in [9.17, 15) is 4.79 Å². The predicted molar refractivity (Wildman–Crippen MR) is 200 cm³/mol. The number of fused-ring (bicyclic) bond motifs is 8. The third kappa shape index (κ3) is 6.81. The van der Waals surface area contributed by atoms with Gasteiger partial charge in [-0.05, 0) is 75.9 Å². The lowest BCUT2D eigenvalue weighted by Crippen LogP contribution is -2.64. The van der Waals surface area contributed by atoms with Crippen LogP contribution in [0.3, 0.4) is 0 Å². The van der Waals surface area contributed by atoms with Gasteiger partial charge in [-0.1, -0.05) is 27.0 Å². The molecule has 0 saturated carbocycles. The largest absolute Gasteiger partial charge is 0.459 e. The molecule has 13 heteroatoms. The molecule has 57 heavy (non-hydrogen) atoms. The number of esters is 1. The normalized spacial score (nSPS) is 55.5. The second-order valence-corrected chi connectivity index (χ2v) is 19.8. The smallest absolute Gasteiger partial charge is 0.308 e. The molecule has 12 rings (SSSR count). The fraction of sp³-hybridized carbons (Fsp3) is 0.886. The Kier molecular flexibility index (Phi) is 9.64. The summed E-state index contributed by atoms with van der Waals surface area (Å²) in [5.74, 6) is -1.69. The second kappa shape index (κ2) is 14.3. The Hall–Kier alpha value is -1.49. The lowest BCUT2D eigenvalue weighted by molar-refractivity contribution is -0.356. The first kappa shape index (κ1) is 38.4. The van der Waals surface area contributed by atoms with Crippen molar-refractivity contribution < 1.29 is 61.6 Å². The van der Waals surface area contributed by atoms with E-state index in [1.54, 1.807) is 0 Å². The van der Waals surface area contributed by atoms with Crippen LogP contribution in [0.5, 0.6) is 0 Å². The zero-order valence-electron chi connectivity index (χ0n) is 34.0. The summed E-state index contributed by atoms with van der Waals surface area (Å²) < 4.78 is 80.1. The topological polar surface area (TPSA) is 128 Å². The molecule has 4 unspecified atom stereocenters. The van der Waals surface area contributed by atoms with Gasteiger partial charge in [0.2, 0.25) is 0 Å². The molecule has 0 aromatic carbocycles. The summed E-state index contributed by atoms with van der Waals surface area (Å²) in [7, 11) is 0. The third-order valence-electron chi connectivity index (χ3n) is 15.4. The van der Waals surface area contributed by atoms with Crippen LogP contribution >= 0.6 is 0 Å². The van der Waals surface area contributed by atoms with Gasteiger partial charge in [0.25, 0.3) is 0 Å². The highest BCUT2D eigenvalue weighted by molar-refractivity contribution is 5.70. The van der Waals surface area contributed by atoms with Crippen LogP contribution in [0.2, 0.25) is 0 Å². The quantitative estimate of drug-likeness (QED) is 0.241. The highest BCUT2D eigenvalue weighted by atomic mass is 16.8. The van der Waals surface area contributed by atoms with Crippen LogP contribution in [-0.4, -0.2) is 134 Å². The van der Waals surface area contributed by atoms with Crippen LogP contribution in [0.25, 0.3) is 0 Å². The zero-order valence-corrected chi connectivity index (χ0v) is 34.0. The first-order valence-corrected chi connectivity index (χ1v) is 22.2. The van der Waals surface area contributed by atoms with Crippen LogP contribution in [0.15, 0.2) is 24.3 Å². The Morgan fingerprint density at radius 3 is 2.19 bits per heavy atom. The average molecular weight is 799 g/mol. The second-order valence-electron chi connectivity index (χ2n) is 19.8. The maximum Gasteiger partial charge on any atom is 0.308 e. The molecule has 13 nitrogen and oxygen atoms in total. The monoisotopic (exact) mass is 798 g/mol. The molecule has 0 radical (unpaired) electrons. The third-order valence-corrected chi connectivity index (χ3v) is 15.4. The molecule has 12 aliphatic rings. The molecular formula is C44H62O13. The van der Waals surface area contributed by atoms with Gasteiger partial charge in [-0.25, -0.2) is 0 Å². The molecule has 12 fully saturated rings. The van der Waals surface area contributed by atoms with E-state index in [1.165, 1.54) is 0 Å². The molecule has 0 N–H and O–H groups in total. The van der Waals surface area contributed by atoms with E-state index < -0.39 is 23.8 Å². The molecule has 12 bridgehead atoms. The average Bonchev–Trinajstić information content (AvgIpc) is 3.75. The summed E-state index contributed by atoms with van der Waals surface area (Å²) in [6, 6.07) is 0. The predicted octanol–water partition coefficient (Wildman–Crippen LogP) is 4.99. The van der Waals surface area contributed by atoms with Crippen molar-refractivity contribution >= 4 is 5.97 Å². The first-order valence-electron chi connectivity index (χ1n) is 22.2. The van der Waals surface area contributed by atoms with Gasteiger partial charge < -0.3 is 56.8 Å². The van der Waals surface area contributed by atoms with Gasteiger partial charge in [0, 0.05) is 31.6 Å². The Labute approximate surface area is 336 Å². The van der Waals surface area contributed by atoms with Crippen LogP contribution in [0, 0.1) is 11.8 Å². The molecule has 1 spiro atoms. The van der Waals surface area contributed by atoms with Crippen molar-refractivity contribution in [2.24, 2.45) is 11.8 Å². The summed E-state index contributed by atoms with van der Waals surface area (Å²) in [5.41, 5.74) is 2.20. The molecule has 12 heterocycles. The van der Waals surface area contributed by atoms with Gasteiger partial charge in [-0.3, -0.25) is 4.79 Å². The fourth-order valence-electron chi connectivity index (χ4n) is 12.5. The molecule has 316 valence electrons. The van der Waals surface area contributed by atoms with E-state index in [2.05, 4.69) is 27.0 Å². The van der Waals surface area contributed by atoms with Gasteiger partial charge in [0.1, 0.15) is 42.7 Å². The highest BCUT2D eigenvalue weighted by Gasteiger charge is 2.69. The first-order chi connectivity index (χ1) is 27.4. The minimum absolute atomic E-state index is 0.0204. The highest BCUT2D eigenvalue weighted by Crippen LogP contribution is 2.54. The summed E-state index contributed by atoms with van der Waals surface area (Å²) in [5, 5.41) is 0. The molecule has 12 aliphatic heterocycles. The number of ether oxygens (including phenoxy) is 12. The van der Waals surface area contributed by atoms with E-state index in [0.717, 1.165) is 49.7 Å². The number of hydrogen-bond acceptors (Lipinski definition) is 13. The summed E-state index contributed by atoms with van der Waals surface area (Å²) in [6.07, 6.45) is 4.24. The lowest BCUT2D eigenvalue weighted by Gasteiger charge is -2.53. The lowest BCUT2D eigenvalue weighted by atomic mass is 9.79. The van der Waals surface area contributed by atoms with Gasteiger partial charge >= 0.3 is 5.97 Å². The summed E-state index contributed by atoms with van der Waals surface area (Å²) >= 11 is 0. The molecule has 0 aromatic rings. The van der Waals surface area contributed by atoms with Crippen LogP contribution < -0.4 is 0 Å². The zero-order chi connectivity index (χ0) is 39.0. The minimum Gasteiger partial charge on any atom is -0.459 e. The molecule has 12 saturated heterocycles. The van der Waals surface area contributed by atoms with E-state index >= 15 is 0 Å². The van der Waals surface area contributed by atoms with Gasteiger partial charge in [0.15, 0.2) is 11.6 Å². The maximum absolute atomic E-state index is 14.1. The van der Waals surface area contributed by atoms with Crippen molar-refractivity contribution in [2.45, 2.75) is 226 Å². The maximum atomic E-state index is 14.1. The van der Waals surface area contributed by atoms with Gasteiger partial charge in [-0.15, -0.1) is 0 Å². The molecule has 0 aromatic heterocycles. The van der Waals surface area contributed by atoms with Crippen molar-refractivity contribution in [1.82, 2.24) is 0 Å². The molecule has 21 atom stereocenters. The van der Waals surface area contributed by atoms with Crippen molar-refractivity contribution in [3.8, 4) is 0 Å². The van der Waals surface area contributed by atoms with E-state index in [0.29, 0.717) is 38.7 Å². The van der Waals surface area contributed by atoms with Crippen molar-refractivity contribution in [3.63, 3.8) is 0 Å². The molecular weight excluding hydrogens is 736 g/mol. The number of carbonyl (C=O) groups is 1. The van der Waals surface area contributed by atoms with Crippen LogP contribution in [0.4, 0.5) is 0 Å². The number of rotatable bonds is 0. The Bertz CT molecular complexity index is 1600. The van der Waals surface area contributed by atoms with E-state index in [1.807, 2.05) is 13.8 Å². The van der Waals surface area contributed by atoms with Crippen LogP contribution in [-0.2, 0) is 61.6 Å². The van der Waals surface area contributed by atoms with Crippen LogP contribution in [0.1, 0.15) is 105 Å². The molecule has 0 amide bonds. The molecule has 0 aliphatic carbocycles.